The SMILES string of the molecule is Cc1nc(CNC(=O)CC(C)(C(=O)O)C(C)C)cs1. The smallest absolute Gasteiger partial charge is 0.310 e. The normalized spacial score (nSPS) is 14.2. The molecular weight excluding hydrogens is 264 g/mol. The van der Waals surface area contributed by atoms with E-state index >= 15 is 0 Å². The second-order valence-corrected chi connectivity index (χ2v) is 6.25. The number of carbonyl (C=O) groups excluding carboxylic acids is 1. The second kappa shape index (κ2) is 6.14. The lowest BCUT2D eigenvalue weighted by atomic mass is 9.76. The van der Waals surface area contributed by atoms with Gasteiger partial charge in [-0.1, -0.05) is 13.8 Å². The molecule has 0 aliphatic rings. The molecule has 106 valence electrons. The number of rotatable bonds is 6. The van der Waals surface area contributed by atoms with Crippen molar-refractivity contribution in [2.45, 2.75) is 40.7 Å². The number of amides is 1. The van der Waals surface area contributed by atoms with Crippen LogP contribution >= 0.6 is 11.3 Å². The minimum Gasteiger partial charge on any atom is -0.481 e. The fraction of sp³-hybridized carbons (Fsp3) is 0.615. The second-order valence-electron chi connectivity index (χ2n) is 5.19. The van der Waals surface area contributed by atoms with Crippen molar-refractivity contribution in [3.63, 3.8) is 0 Å². The van der Waals surface area contributed by atoms with Crippen LogP contribution in [0.3, 0.4) is 0 Å². The van der Waals surface area contributed by atoms with E-state index in [0.717, 1.165) is 10.7 Å². The molecule has 0 saturated heterocycles. The molecule has 6 heteroatoms. The summed E-state index contributed by atoms with van der Waals surface area (Å²) in [6.07, 6.45) is -0.0247. The van der Waals surface area contributed by atoms with Crippen molar-refractivity contribution in [2.75, 3.05) is 0 Å². The Bertz CT molecular complexity index is 470. The molecule has 0 aliphatic heterocycles. The van der Waals surface area contributed by atoms with Crippen LogP contribution in [0.5, 0.6) is 0 Å². The third-order valence-corrected chi connectivity index (χ3v) is 4.25. The van der Waals surface area contributed by atoms with Crippen LogP contribution in [-0.2, 0) is 16.1 Å². The zero-order chi connectivity index (χ0) is 14.6. The molecule has 0 aromatic carbocycles. The lowest BCUT2D eigenvalue weighted by Gasteiger charge is -2.28. The highest BCUT2D eigenvalue weighted by Crippen LogP contribution is 2.31. The van der Waals surface area contributed by atoms with Gasteiger partial charge in [0, 0.05) is 11.8 Å². The number of carboxylic acids is 1. The van der Waals surface area contributed by atoms with Gasteiger partial charge in [-0.25, -0.2) is 4.98 Å². The predicted molar refractivity (Wildman–Crippen MR) is 73.9 cm³/mol. The topological polar surface area (TPSA) is 79.3 Å². The number of nitrogens with zero attached hydrogens (tertiary/aromatic N) is 1. The Kier molecular flexibility index (Phi) is 5.05. The lowest BCUT2D eigenvalue weighted by molar-refractivity contribution is -0.153. The van der Waals surface area contributed by atoms with Gasteiger partial charge in [0.25, 0.3) is 0 Å². The zero-order valence-corrected chi connectivity index (χ0v) is 12.5. The first kappa shape index (κ1) is 15.6. The fourth-order valence-corrected chi connectivity index (χ4v) is 2.21. The molecule has 1 atom stereocenters. The van der Waals surface area contributed by atoms with Gasteiger partial charge in [-0.3, -0.25) is 9.59 Å². The molecule has 0 saturated carbocycles. The van der Waals surface area contributed by atoms with Gasteiger partial charge in [-0.2, -0.15) is 0 Å². The van der Waals surface area contributed by atoms with Crippen molar-refractivity contribution >= 4 is 23.2 Å². The summed E-state index contributed by atoms with van der Waals surface area (Å²) in [6.45, 7) is 7.47. The minimum atomic E-state index is -1.04. The molecule has 0 bridgehead atoms. The van der Waals surface area contributed by atoms with Gasteiger partial charge in [0.05, 0.1) is 22.7 Å². The summed E-state index contributed by atoms with van der Waals surface area (Å²) in [4.78, 5) is 27.4. The Morgan fingerprint density at radius 2 is 2.16 bits per heavy atom. The molecule has 19 heavy (non-hydrogen) atoms. The van der Waals surface area contributed by atoms with Crippen molar-refractivity contribution in [1.82, 2.24) is 10.3 Å². The van der Waals surface area contributed by atoms with Crippen molar-refractivity contribution in [3.05, 3.63) is 16.1 Å². The molecule has 1 heterocycles. The summed E-state index contributed by atoms with van der Waals surface area (Å²) >= 11 is 1.52. The summed E-state index contributed by atoms with van der Waals surface area (Å²) in [5, 5.41) is 14.8. The number of aromatic nitrogens is 1. The summed E-state index contributed by atoms with van der Waals surface area (Å²) in [5.41, 5.74) is -0.236. The van der Waals surface area contributed by atoms with E-state index in [-0.39, 0.29) is 18.2 Å². The third kappa shape index (κ3) is 4.02. The standard InChI is InChI=1S/C13H20N2O3S/c1-8(2)13(4,12(17)18)5-11(16)14-6-10-7-19-9(3)15-10/h7-8H,5-6H2,1-4H3,(H,14,16)(H,17,18). The number of carboxylic acid groups (broad SMARTS) is 1. The van der Waals surface area contributed by atoms with Crippen LogP contribution in [0, 0.1) is 18.3 Å². The van der Waals surface area contributed by atoms with Gasteiger partial charge in [0.2, 0.25) is 5.91 Å². The first-order valence-corrected chi connectivity index (χ1v) is 7.04. The zero-order valence-electron chi connectivity index (χ0n) is 11.7. The highest BCUT2D eigenvalue weighted by Gasteiger charge is 2.38. The monoisotopic (exact) mass is 284 g/mol. The number of hydrogen-bond donors (Lipinski definition) is 2. The molecule has 1 rings (SSSR count). The minimum absolute atomic E-state index is 0.0247. The molecule has 1 unspecified atom stereocenters. The molecule has 1 amide bonds. The number of aryl methyl sites for hydroxylation is 1. The van der Waals surface area contributed by atoms with Gasteiger partial charge in [0.1, 0.15) is 0 Å². The Hall–Kier alpha value is -1.43. The van der Waals surface area contributed by atoms with Crippen LogP contribution in [-0.4, -0.2) is 22.0 Å². The van der Waals surface area contributed by atoms with E-state index in [0.29, 0.717) is 6.54 Å². The van der Waals surface area contributed by atoms with Crippen molar-refractivity contribution < 1.29 is 14.7 Å². The average molecular weight is 284 g/mol. The number of hydrogen-bond acceptors (Lipinski definition) is 4. The highest BCUT2D eigenvalue weighted by atomic mass is 32.1. The molecular formula is C13H20N2O3S. The van der Waals surface area contributed by atoms with E-state index in [2.05, 4.69) is 10.3 Å². The summed E-state index contributed by atoms with van der Waals surface area (Å²) < 4.78 is 0. The quantitative estimate of drug-likeness (QED) is 0.839. The largest absolute Gasteiger partial charge is 0.481 e. The Morgan fingerprint density at radius 1 is 1.53 bits per heavy atom. The maximum Gasteiger partial charge on any atom is 0.310 e. The van der Waals surface area contributed by atoms with Crippen molar-refractivity contribution in [2.24, 2.45) is 11.3 Å². The number of thiazole rings is 1. The average Bonchev–Trinajstić information content (AvgIpc) is 2.72. The van der Waals surface area contributed by atoms with Gasteiger partial charge in [0.15, 0.2) is 0 Å². The summed E-state index contributed by atoms with van der Waals surface area (Å²) in [5.74, 6) is -1.32. The van der Waals surface area contributed by atoms with Gasteiger partial charge in [-0.05, 0) is 19.8 Å². The summed E-state index contributed by atoms with van der Waals surface area (Å²) in [7, 11) is 0. The van der Waals surface area contributed by atoms with Crippen molar-refractivity contribution in [3.8, 4) is 0 Å². The van der Waals surface area contributed by atoms with Crippen molar-refractivity contribution in [1.29, 1.82) is 0 Å². The Balaban J connectivity index is 2.57. The third-order valence-electron chi connectivity index (χ3n) is 3.42. The maximum absolute atomic E-state index is 11.8. The molecule has 2 N–H and O–H groups in total. The van der Waals surface area contributed by atoms with E-state index in [4.69, 9.17) is 0 Å². The van der Waals surface area contributed by atoms with Crippen LogP contribution < -0.4 is 5.32 Å². The maximum atomic E-state index is 11.8. The number of carbonyl (C=O) groups is 2. The van der Waals surface area contributed by atoms with Crippen LogP contribution in [0.1, 0.15) is 37.9 Å². The van der Waals surface area contributed by atoms with Crippen LogP contribution in [0.2, 0.25) is 0 Å². The molecule has 0 radical (unpaired) electrons. The van der Waals surface area contributed by atoms with Crippen LogP contribution in [0.4, 0.5) is 0 Å². The molecule has 0 aliphatic carbocycles. The van der Waals surface area contributed by atoms with Crippen LogP contribution in [0.15, 0.2) is 5.38 Å². The highest BCUT2D eigenvalue weighted by molar-refractivity contribution is 7.09. The Labute approximate surface area is 117 Å². The summed E-state index contributed by atoms with van der Waals surface area (Å²) in [6, 6.07) is 0. The van der Waals surface area contributed by atoms with Gasteiger partial charge >= 0.3 is 5.97 Å². The van der Waals surface area contributed by atoms with E-state index in [1.54, 1.807) is 6.92 Å². The molecule has 5 nitrogen and oxygen atoms in total. The Morgan fingerprint density at radius 3 is 2.58 bits per heavy atom. The molecule has 0 fully saturated rings. The van der Waals surface area contributed by atoms with E-state index in [9.17, 15) is 14.7 Å². The molecule has 1 aromatic rings. The van der Waals surface area contributed by atoms with E-state index in [1.165, 1.54) is 11.3 Å². The van der Waals surface area contributed by atoms with E-state index in [1.807, 2.05) is 26.2 Å². The lowest BCUT2D eigenvalue weighted by Crippen LogP contribution is -2.39. The fourth-order valence-electron chi connectivity index (χ4n) is 1.60. The number of nitrogens with one attached hydrogen (secondary N) is 1. The van der Waals surface area contributed by atoms with Crippen LogP contribution in [0.25, 0.3) is 0 Å². The first-order valence-electron chi connectivity index (χ1n) is 6.17. The van der Waals surface area contributed by atoms with E-state index < -0.39 is 11.4 Å². The van der Waals surface area contributed by atoms with Gasteiger partial charge < -0.3 is 10.4 Å². The molecule has 0 spiro atoms. The predicted octanol–water partition coefficient (Wildman–Crippen LogP) is 2.20. The van der Waals surface area contributed by atoms with Gasteiger partial charge in [-0.15, -0.1) is 11.3 Å². The number of aliphatic carboxylic acids is 1. The molecule has 1 aromatic heterocycles. The first-order chi connectivity index (χ1) is 8.75.